The van der Waals surface area contributed by atoms with Crippen molar-refractivity contribution in [3.05, 3.63) is 74.3 Å². The second-order valence-corrected chi connectivity index (χ2v) is 6.00. The largest absolute Gasteiger partial charge is 0.474 e. The van der Waals surface area contributed by atoms with Gasteiger partial charge in [0.2, 0.25) is 0 Å². The normalized spacial score (nSPS) is 16.0. The fraction of sp³-hybridized carbons (Fsp3) is 0.294. The van der Waals surface area contributed by atoms with Crippen LogP contribution in [0.15, 0.2) is 48.5 Å². The predicted molar refractivity (Wildman–Crippen MR) is 90.3 cm³/mol. The predicted octanol–water partition coefficient (Wildman–Crippen LogP) is 3.15. The molecule has 1 unspecified atom stereocenters. The topological polar surface area (TPSA) is 122 Å². The highest BCUT2D eigenvalue weighted by atomic mass is 16.6. The lowest BCUT2D eigenvalue weighted by molar-refractivity contribution is -0.395. The Balaban J connectivity index is 2.06. The first-order valence-electron chi connectivity index (χ1n) is 7.85. The number of non-ortho nitro benzene ring substituents is 1. The van der Waals surface area contributed by atoms with Gasteiger partial charge in [-0.15, -0.1) is 0 Å². The summed E-state index contributed by atoms with van der Waals surface area (Å²) in [5.74, 6) is 0.131. The number of ether oxygens (including phenoxy) is 1. The second-order valence-electron chi connectivity index (χ2n) is 6.00. The fourth-order valence-corrected chi connectivity index (χ4v) is 3.02. The third-order valence-electron chi connectivity index (χ3n) is 4.44. The number of rotatable bonds is 7. The van der Waals surface area contributed by atoms with E-state index < -0.39 is 21.1 Å². The molecule has 3 rings (SSSR count). The fourth-order valence-electron chi connectivity index (χ4n) is 3.02. The van der Waals surface area contributed by atoms with Crippen LogP contribution in [0.25, 0.3) is 0 Å². The molecule has 8 heteroatoms. The van der Waals surface area contributed by atoms with Gasteiger partial charge >= 0.3 is 5.69 Å². The van der Waals surface area contributed by atoms with Gasteiger partial charge in [0.15, 0.2) is 5.75 Å². The molecule has 0 aromatic heterocycles. The lowest BCUT2D eigenvalue weighted by atomic mass is 9.88. The van der Waals surface area contributed by atoms with Crippen molar-refractivity contribution in [3.8, 4) is 5.75 Å². The van der Waals surface area contributed by atoms with Crippen molar-refractivity contribution in [3.63, 3.8) is 0 Å². The standard InChI is InChI=1S/C17H17N3O5/c18-11-17(13-6-7-13,12-4-2-1-3-5-12)25-16-9-8-14(19(21)22)10-15(16)20(23)24/h1-5,8-10,13H,6-7,11,18H2. The summed E-state index contributed by atoms with van der Waals surface area (Å²) < 4.78 is 6.10. The van der Waals surface area contributed by atoms with E-state index in [9.17, 15) is 20.2 Å². The van der Waals surface area contributed by atoms with Crippen molar-refractivity contribution in [1.29, 1.82) is 0 Å². The molecule has 1 aliphatic carbocycles. The van der Waals surface area contributed by atoms with E-state index in [2.05, 4.69) is 0 Å². The van der Waals surface area contributed by atoms with Crippen molar-refractivity contribution in [2.24, 2.45) is 11.7 Å². The van der Waals surface area contributed by atoms with E-state index in [1.165, 1.54) is 12.1 Å². The van der Waals surface area contributed by atoms with Gasteiger partial charge in [-0.1, -0.05) is 30.3 Å². The zero-order valence-corrected chi connectivity index (χ0v) is 13.3. The van der Waals surface area contributed by atoms with Crippen molar-refractivity contribution in [1.82, 2.24) is 0 Å². The Morgan fingerprint density at radius 3 is 2.28 bits per heavy atom. The smallest absolute Gasteiger partial charge is 0.317 e. The van der Waals surface area contributed by atoms with Crippen molar-refractivity contribution in [2.45, 2.75) is 18.4 Å². The van der Waals surface area contributed by atoms with E-state index in [1.807, 2.05) is 30.3 Å². The maximum Gasteiger partial charge on any atom is 0.317 e. The highest BCUT2D eigenvalue weighted by Gasteiger charge is 2.48. The molecule has 0 bridgehead atoms. The summed E-state index contributed by atoms with van der Waals surface area (Å²) in [5, 5.41) is 22.3. The van der Waals surface area contributed by atoms with Crippen LogP contribution in [0.2, 0.25) is 0 Å². The lowest BCUT2D eigenvalue weighted by Crippen LogP contribution is -2.43. The van der Waals surface area contributed by atoms with Crippen LogP contribution < -0.4 is 10.5 Å². The molecular weight excluding hydrogens is 326 g/mol. The van der Waals surface area contributed by atoms with E-state index in [0.717, 1.165) is 24.5 Å². The second kappa shape index (κ2) is 6.48. The molecule has 1 aliphatic rings. The minimum atomic E-state index is -0.887. The first-order chi connectivity index (χ1) is 12.0. The first-order valence-corrected chi connectivity index (χ1v) is 7.85. The number of benzene rings is 2. The Hall–Kier alpha value is -3.00. The molecule has 2 aromatic rings. The van der Waals surface area contributed by atoms with Crippen LogP contribution in [0.3, 0.4) is 0 Å². The molecule has 25 heavy (non-hydrogen) atoms. The van der Waals surface area contributed by atoms with Crippen molar-refractivity contribution < 1.29 is 14.6 Å². The SMILES string of the molecule is NCC(Oc1ccc([N+](=O)[O-])cc1[N+](=O)[O-])(c1ccccc1)C1CC1. The van der Waals surface area contributed by atoms with Gasteiger partial charge in [-0.25, -0.2) is 0 Å². The summed E-state index contributed by atoms with van der Waals surface area (Å²) in [5.41, 5.74) is 5.18. The van der Waals surface area contributed by atoms with Crippen LogP contribution in [0.4, 0.5) is 11.4 Å². The summed E-state index contributed by atoms with van der Waals surface area (Å²) in [6, 6.07) is 12.7. The highest BCUT2D eigenvalue weighted by Crippen LogP contribution is 2.49. The minimum Gasteiger partial charge on any atom is -0.474 e. The average molecular weight is 343 g/mol. The van der Waals surface area contributed by atoms with Gasteiger partial charge in [0.25, 0.3) is 5.69 Å². The van der Waals surface area contributed by atoms with Gasteiger partial charge in [0, 0.05) is 18.5 Å². The van der Waals surface area contributed by atoms with Crippen LogP contribution in [0, 0.1) is 26.1 Å². The Morgan fingerprint density at radius 2 is 1.76 bits per heavy atom. The van der Waals surface area contributed by atoms with Crippen LogP contribution in [0.5, 0.6) is 5.75 Å². The molecule has 1 fully saturated rings. The molecule has 0 heterocycles. The Kier molecular flexibility index (Phi) is 4.37. The summed E-state index contributed by atoms with van der Waals surface area (Å²) in [6.07, 6.45) is 1.82. The molecule has 2 aromatic carbocycles. The summed E-state index contributed by atoms with van der Waals surface area (Å²) in [7, 11) is 0. The monoisotopic (exact) mass is 343 g/mol. The van der Waals surface area contributed by atoms with Crippen molar-refractivity contribution in [2.75, 3.05) is 6.54 Å². The lowest BCUT2D eigenvalue weighted by Gasteiger charge is -2.34. The number of nitrogens with two attached hydrogens (primary N) is 1. The summed E-state index contributed by atoms with van der Waals surface area (Å²) in [6.45, 7) is 0.149. The average Bonchev–Trinajstić information content (AvgIpc) is 3.45. The number of nitro benzene ring substituents is 2. The first kappa shape index (κ1) is 16.8. The Labute approximate surface area is 143 Å². The zero-order chi connectivity index (χ0) is 18.0. The third kappa shape index (κ3) is 3.16. The van der Waals surface area contributed by atoms with Crippen LogP contribution >= 0.6 is 0 Å². The van der Waals surface area contributed by atoms with Gasteiger partial charge < -0.3 is 10.5 Å². The summed E-state index contributed by atoms with van der Waals surface area (Å²) >= 11 is 0. The van der Waals surface area contributed by atoms with Crippen LogP contribution in [-0.4, -0.2) is 16.4 Å². The maximum absolute atomic E-state index is 11.4. The van der Waals surface area contributed by atoms with Gasteiger partial charge in [-0.05, 0) is 24.5 Å². The van der Waals surface area contributed by atoms with Crippen LogP contribution in [0.1, 0.15) is 18.4 Å². The molecule has 130 valence electrons. The van der Waals surface area contributed by atoms with E-state index in [1.54, 1.807) is 0 Å². The minimum absolute atomic E-state index is 0.0168. The molecular formula is C17H17N3O5. The zero-order valence-electron chi connectivity index (χ0n) is 13.3. The molecule has 8 nitrogen and oxygen atoms in total. The van der Waals surface area contributed by atoms with Gasteiger partial charge in [-0.2, -0.15) is 0 Å². The van der Waals surface area contributed by atoms with Crippen molar-refractivity contribution >= 4 is 11.4 Å². The Morgan fingerprint density at radius 1 is 1.08 bits per heavy atom. The van der Waals surface area contributed by atoms with Gasteiger partial charge in [-0.3, -0.25) is 20.2 Å². The van der Waals surface area contributed by atoms with E-state index >= 15 is 0 Å². The quantitative estimate of drug-likeness (QED) is 0.609. The third-order valence-corrected chi connectivity index (χ3v) is 4.44. The number of hydrogen-bond donors (Lipinski definition) is 1. The van der Waals surface area contributed by atoms with Gasteiger partial charge in [0.1, 0.15) is 5.60 Å². The van der Waals surface area contributed by atoms with Gasteiger partial charge in [0.05, 0.1) is 15.9 Å². The molecule has 0 radical (unpaired) electrons. The molecule has 1 atom stereocenters. The van der Waals surface area contributed by atoms with Crippen LogP contribution in [-0.2, 0) is 5.60 Å². The van der Waals surface area contributed by atoms with E-state index in [0.29, 0.717) is 0 Å². The maximum atomic E-state index is 11.4. The summed E-state index contributed by atoms with van der Waals surface area (Å²) in [4.78, 5) is 20.9. The number of nitrogens with zero attached hydrogens (tertiary/aromatic N) is 2. The Bertz CT molecular complexity index is 807. The molecule has 1 saturated carbocycles. The number of nitro groups is 2. The molecule has 0 aliphatic heterocycles. The number of hydrogen-bond acceptors (Lipinski definition) is 6. The van der Waals surface area contributed by atoms with E-state index in [-0.39, 0.29) is 23.9 Å². The molecule has 0 saturated heterocycles. The molecule has 0 amide bonds. The highest BCUT2D eigenvalue weighted by molar-refractivity contribution is 5.54. The molecule has 2 N–H and O–H groups in total. The van der Waals surface area contributed by atoms with E-state index in [4.69, 9.17) is 10.5 Å². The molecule has 0 spiro atoms.